The number of aryl methyl sites for hydroxylation is 1. The number of aliphatic carboxylic acids is 1. The standard InChI is InChI=1S/C20H24N2O4S/c23-17(12-5-1-2-6-13(12)20(25)26)22-19-16(18(24)21-11-9-10-11)14-7-3-4-8-15(14)27-19/h1-2,11-13H,3-10H2,(H,21,24)(H,22,23)(H,25,26)/t12-,13+/m0/s1. The van der Waals surface area contributed by atoms with Gasteiger partial charge in [0.1, 0.15) is 5.00 Å². The SMILES string of the molecule is O=C(NC1CC1)c1c(NC(=O)[C@H]2CC=CC[C@H]2C(=O)O)sc2c1CCCC2. The molecular weight excluding hydrogens is 364 g/mol. The van der Waals surface area contributed by atoms with E-state index in [2.05, 4.69) is 10.6 Å². The fourth-order valence-electron chi connectivity index (χ4n) is 3.96. The molecule has 0 radical (unpaired) electrons. The molecule has 144 valence electrons. The van der Waals surface area contributed by atoms with Crippen LogP contribution in [-0.2, 0) is 22.4 Å². The minimum atomic E-state index is -0.948. The molecule has 3 aliphatic rings. The largest absolute Gasteiger partial charge is 0.481 e. The number of hydrogen-bond donors (Lipinski definition) is 3. The maximum Gasteiger partial charge on any atom is 0.307 e. The van der Waals surface area contributed by atoms with Crippen LogP contribution in [0.15, 0.2) is 12.2 Å². The minimum Gasteiger partial charge on any atom is -0.481 e. The second-order valence-corrected chi connectivity index (χ2v) is 8.75. The highest BCUT2D eigenvalue weighted by atomic mass is 32.1. The zero-order chi connectivity index (χ0) is 19.0. The average molecular weight is 388 g/mol. The number of carbonyl (C=O) groups is 3. The second kappa shape index (κ2) is 7.46. The fraction of sp³-hybridized carbons (Fsp3) is 0.550. The van der Waals surface area contributed by atoms with Gasteiger partial charge in [-0.3, -0.25) is 14.4 Å². The summed E-state index contributed by atoms with van der Waals surface area (Å²) in [5.74, 6) is -2.67. The van der Waals surface area contributed by atoms with Crippen LogP contribution in [0.25, 0.3) is 0 Å². The number of nitrogens with one attached hydrogen (secondary N) is 2. The Morgan fingerprint density at radius 1 is 1.04 bits per heavy atom. The van der Waals surface area contributed by atoms with Crippen LogP contribution in [0.3, 0.4) is 0 Å². The first kappa shape index (κ1) is 18.2. The van der Waals surface area contributed by atoms with E-state index in [9.17, 15) is 19.5 Å². The Morgan fingerprint density at radius 2 is 1.74 bits per heavy atom. The molecular formula is C20H24N2O4S. The van der Waals surface area contributed by atoms with Crippen molar-refractivity contribution in [1.82, 2.24) is 5.32 Å². The molecule has 0 aromatic carbocycles. The van der Waals surface area contributed by atoms with Gasteiger partial charge in [-0.05, 0) is 56.9 Å². The maximum absolute atomic E-state index is 12.9. The van der Waals surface area contributed by atoms with E-state index in [1.807, 2.05) is 12.2 Å². The van der Waals surface area contributed by atoms with Gasteiger partial charge in [0.25, 0.3) is 5.91 Å². The van der Waals surface area contributed by atoms with Crippen molar-refractivity contribution in [3.8, 4) is 0 Å². The van der Waals surface area contributed by atoms with Gasteiger partial charge in [0, 0.05) is 10.9 Å². The summed E-state index contributed by atoms with van der Waals surface area (Å²) in [5.41, 5.74) is 1.67. The van der Waals surface area contributed by atoms with Crippen molar-refractivity contribution in [2.24, 2.45) is 11.8 Å². The molecule has 0 spiro atoms. The lowest BCUT2D eigenvalue weighted by Crippen LogP contribution is -2.35. The summed E-state index contributed by atoms with van der Waals surface area (Å²) in [5, 5.41) is 16.0. The first-order valence-corrected chi connectivity index (χ1v) is 10.5. The molecule has 1 fully saturated rings. The average Bonchev–Trinajstić information content (AvgIpc) is 3.39. The number of rotatable bonds is 5. The molecule has 6 nitrogen and oxygen atoms in total. The zero-order valence-electron chi connectivity index (χ0n) is 15.1. The summed E-state index contributed by atoms with van der Waals surface area (Å²) >= 11 is 1.48. The normalized spacial score (nSPS) is 24.1. The molecule has 27 heavy (non-hydrogen) atoms. The van der Waals surface area contributed by atoms with E-state index in [4.69, 9.17) is 0 Å². The number of anilines is 1. The Morgan fingerprint density at radius 3 is 2.44 bits per heavy atom. The molecule has 0 unspecified atom stereocenters. The lowest BCUT2D eigenvalue weighted by Gasteiger charge is -2.24. The lowest BCUT2D eigenvalue weighted by molar-refractivity contribution is -0.146. The molecule has 3 N–H and O–H groups in total. The molecule has 0 bridgehead atoms. The van der Waals surface area contributed by atoms with E-state index >= 15 is 0 Å². The van der Waals surface area contributed by atoms with Gasteiger partial charge in [0.2, 0.25) is 5.91 Å². The van der Waals surface area contributed by atoms with Crippen LogP contribution in [0, 0.1) is 11.8 Å². The first-order chi connectivity index (χ1) is 13.0. The van der Waals surface area contributed by atoms with Crippen molar-refractivity contribution in [3.63, 3.8) is 0 Å². The minimum absolute atomic E-state index is 0.106. The summed E-state index contributed by atoms with van der Waals surface area (Å²) in [4.78, 5) is 38.4. The van der Waals surface area contributed by atoms with Gasteiger partial charge < -0.3 is 15.7 Å². The summed E-state index contributed by atoms with van der Waals surface area (Å²) < 4.78 is 0. The van der Waals surface area contributed by atoms with Gasteiger partial charge in [0.05, 0.1) is 17.4 Å². The molecule has 2 atom stereocenters. The molecule has 1 saturated carbocycles. The highest BCUT2D eigenvalue weighted by Crippen LogP contribution is 2.39. The van der Waals surface area contributed by atoms with Crippen molar-refractivity contribution in [2.75, 3.05) is 5.32 Å². The van der Waals surface area contributed by atoms with Crippen molar-refractivity contribution >= 4 is 34.1 Å². The Hall–Kier alpha value is -2.15. The lowest BCUT2D eigenvalue weighted by atomic mass is 9.82. The van der Waals surface area contributed by atoms with E-state index in [1.165, 1.54) is 16.2 Å². The summed E-state index contributed by atoms with van der Waals surface area (Å²) in [6, 6.07) is 0.250. The van der Waals surface area contributed by atoms with E-state index in [1.54, 1.807) is 0 Å². The number of carbonyl (C=O) groups excluding carboxylic acids is 2. The van der Waals surface area contributed by atoms with Gasteiger partial charge >= 0.3 is 5.97 Å². The Bertz CT molecular complexity index is 809. The number of carboxylic acid groups (broad SMARTS) is 1. The van der Waals surface area contributed by atoms with Gasteiger partial charge in [0.15, 0.2) is 0 Å². The molecule has 3 aliphatic carbocycles. The predicted octanol–water partition coefficient (Wildman–Crippen LogP) is 3.12. The van der Waals surface area contributed by atoms with E-state index in [0.29, 0.717) is 23.4 Å². The third kappa shape index (κ3) is 3.78. The molecule has 1 aromatic heterocycles. The van der Waals surface area contributed by atoms with Crippen LogP contribution in [0.1, 0.15) is 59.3 Å². The zero-order valence-corrected chi connectivity index (χ0v) is 15.9. The van der Waals surface area contributed by atoms with Gasteiger partial charge in [-0.1, -0.05) is 12.2 Å². The number of amides is 2. The molecule has 0 aliphatic heterocycles. The monoisotopic (exact) mass is 388 g/mol. The van der Waals surface area contributed by atoms with Crippen molar-refractivity contribution < 1.29 is 19.5 Å². The number of allylic oxidation sites excluding steroid dienone is 2. The van der Waals surface area contributed by atoms with Crippen LogP contribution in [0.5, 0.6) is 0 Å². The van der Waals surface area contributed by atoms with Crippen LogP contribution >= 0.6 is 11.3 Å². The Labute approximate surface area is 162 Å². The van der Waals surface area contributed by atoms with Crippen LogP contribution < -0.4 is 10.6 Å². The maximum atomic E-state index is 12.9. The van der Waals surface area contributed by atoms with Crippen molar-refractivity contribution in [2.45, 2.75) is 57.4 Å². The van der Waals surface area contributed by atoms with Crippen LogP contribution in [-0.4, -0.2) is 28.9 Å². The topological polar surface area (TPSA) is 95.5 Å². The first-order valence-electron chi connectivity index (χ1n) is 9.68. The quantitative estimate of drug-likeness (QED) is 0.675. The Balaban J connectivity index is 1.59. The Kier molecular flexibility index (Phi) is 5.04. The number of thiophene rings is 1. The fourth-order valence-corrected chi connectivity index (χ4v) is 5.25. The smallest absolute Gasteiger partial charge is 0.307 e. The molecule has 0 saturated heterocycles. The summed E-state index contributed by atoms with van der Waals surface area (Å²) in [7, 11) is 0. The molecule has 1 aromatic rings. The number of carboxylic acids is 1. The third-order valence-electron chi connectivity index (χ3n) is 5.63. The summed E-state index contributed by atoms with van der Waals surface area (Å²) in [6.07, 6.45) is 10.4. The van der Waals surface area contributed by atoms with Gasteiger partial charge in [-0.15, -0.1) is 11.3 Å². The van der Waals surface area contributed by atoms with Gasteiger partial charge in [-0.2, -0.15) is 0 Å². The number of hydrogen-bond acceptors (Lipinski definition) is 4. The molecule has 7 heteroatoms. The van der Waals surface area contributed by atoms with Crippen LogP contribution in [0.4, 0.5) is 5.00 Å². The van der Waals surface area contributed by atoms with Crippen molar-refractivity contribution in [3.05, 3.63) is 28.2 Å². The molecule has 2 amide bonds. The highest BCUT2D eigenvalue weighted by molar-refractivity contribution is 7.17. The molecule has 4 rings (SSSR count). The van der Waals surface area contributed by atoms with E-state index in [0.717, 1.165) is 44.1 Å². The van der Waals surface area contributed by atoms with Gasteiger partial charge in [-0.25, -0.2) is 0 Å². The van der Waals surface area contributed by atoms with Crippen molar-refractivity contribution in [1.29, 1.82) is 0 Å². The molecule has 1 heterocycles. The predicted molar refractivity (Wildman–Crippen MR) is 103 cm³/mol. The van der Waals surface area contributed by atoms with Crippen LogP contribution in [0.2, 0.25) is 0 Å². The summed E-state index contributed by atoms with van der Waals surface area (Å²) in [6.45, 7) is 0. The number of fused-ring (bicyclic) bond motifs is 1. The second-order valence-electron chi connectivity index (χ2n) is 7.65. The van der Waals surface area contributed by atoms with E-state index in [-0.39, 0.29) is 17.9 Å². The third-order valence-corrected chi connectivity index (χ3v) is 6.84. The highest BCUT2D eigenvalue weighted by Gasteiger charge is 2.36. The van der Waals surface area contributed by atoms with E-state index < -0.39 is 17.8 Å².